The van der Waals surface area contributed by atoms with E-state index in [0.29, 0.717) is 0 Å². The molecule has 3 aliphatic rings. The first-order chi connectivity index (χ1) is 22.1. The van der Waals surface area contributed by atoms with Crippen LogP contribution >= 0.6 is 45.2 Å². The van der Waals surface area contributed by atoms with Crippen molar-refractivity contribution < 1.29 is 0 Å². The maximum Gasteiger partial charge on any atom is 0.0405 e. The Morgan fingerprint density at radius 1 is 0.400 bits per heavy atom. The minimum absolute atomic E-state index is 0.0805. The third kappa shape index (κ3) is 5.49. The third-order valence-corrected chi connectivity index (χ3v) is 10.7. The molecule has 1 fully saturated rings. The minimum atomic E-state index is -0.0805. The molecule has 4 aromatic carbocycles. The van der Waals surface area contributed by atoms with Crippen molar-refractivity contribution in [3.63, 3.8) is 0 Å². The highest BCUT2D eigenvalue weighted by molar-refractivity contribution is 14.1. The summed E-state index contributed by atoms with van der Waals surface area (Å²) in [6, 6.07) is 32.8. The molecule has 3 aliphatic carbocycles. The van der Waals surface area contributed by atoms with E-state index in [1.54, 1.807) is 0 Å². The molecule has 0 aromatic heterocycles. The van der Waals surface area contributed by atoms with E-state index in [9.17, 15) is 0 Å². The Hall–Kier alpha value is -4.20. The summed E-state index contributed by atoms with van der Waals surface area (Å²) in [5.41, 5.74) is 7.94. The minimum Gasteiger partial charge on any atom is -0.0721 e. The Balaban J connectivity index is 1.30. The maximum atomic E-state index is 3.64. The van der Waals surface area contributed by atoms with E-state index >= 15 is 0 Å². The van der Waals surface area contributed by atoms with Gasteiger partial charge in [0.1, 0.15) is 0 Å². The van der Waals surface area contributed by atoms with Crippen molar-refractivity contribution in [1.29, 1.82) is 0 Å². The molecule has 0 nitrogen and oxygen atoms in total. The predicted octanol–water partition coefficient (Wildman–Crippen LogP) is 9.69. The standard InChI is InChI=1S/C43H26I2/c44-40-18-7-5-16-36(40)22-20-32-12-1-3-14-34(32)24-26-38-39(43-29-10-9-28-42(38,43)30-11-31-43)27-25-35-15-4-2-13-33(35)21-23-37-17-6-8-19-41(37)45/h1-10,12-19,28-29H,11,30-31H2/t42-,43+. The number of hydrogen-bond donors (Lipinski definition) is 0. The van der Waals surface area contributed by atoms with Gasteiger partial charge in [-0.2, -0.15) is 0 Å². The molecule has 2 heteroatoms. The summed E-state index contributed by atoms with van der Waals surface area (Å²) in [7, 11) is 0. The van der Waals surface area contributed by atoms with Crippen LogP contribution in [0.4, 0.5) is 0 Å². The van der Waals surface area contributed by atoms with E-state index in [1.165, 1.54) is 0 Å². The average molecular weight is 796 g/mol. The molecule has 0 unspecified atom stereocenters. The van der Waals surface area contributed by atoms with Crippen LogP contribution in [0.2, 0.25) is 0 Å². The molecule has 0 heterocycles. The number of allylic oxidation sites excluding steroid dienone is 6. The topological polar surface area (TPSA) is 0 Å². The van der Waals surface area contributed by atoms with E-state index in [4.69, 9.17) is 0 Å². The van der Waals surface area contributed by atoms with Gasteiger partial charge in [-0.15, -0.1) is 0 Å². The summed E-state index contributed by atoms with van der Waals surface area (Å²) in [4.78, 5) is 0. The van der Waals surface area contributed by atoms with E-state index in [2.05, 4.69) is 165 Å². The van der Waals surface area contributed by atoms with Gasteiger partial charge in [0.25, 0.3) is 0 Å². The lowest BCUT2D eigenvalue weighted by atomic mass is 9.47. The summed E-state index contributed by atoms with van der Waals surface area (Å²) < 4.78 is 2.29. The highest BCUT2D eigenvalue weighted by atomic mass is 127. The molecule has 0 radical (unpaired) electrons. The summed E-state index contributed by atoms with van der Waals surface area (Å²) >= 11 is 4.67. The van der Waals surface area contributed by atoms with Gasteiger partial charge >= 0.3 is 0 Å². The van der Waals surface area contributed by atoms with Crippen LogP contribution in [0.3, 0.4) is 0 Å². The monoisotopic (exact) mass is 796 g/mol. The summed E-state index contributed by atoms with van der Waals surface area (Å²) in [6.07, 6.45) is 12.5. The Morgan fingerprint density at radius 3 is 1.09 bits per heavy atom. The third-order valence-electron chi connectivity index (χ3n) is 8.86. The first kappa shape index (κ1) is 29.5. The van der Waals surface area contributed by atoms with Gasteiger partial charge in [-0.05, 0) is 107 Å². The molecule has 212 valence electrons. The van der Waals surface area contributed by atoms with Crippen molar-refractivity contribution in [2.75, 3.05) is 0 Å². The fraction of sp³-hybridized carbons (Fsp3) is 0.116. The Labute approximate surface area is 293 Å². The number of halogens is 2. The average Bonchev–Trinajstić information content (AvgIpc) is 3.42. The second-order valence-electron chi connectivity index (χ2n) is 11.3. The lowest BCUT2D eigenvalue weighted by Gasteiger charge is -2.54. The molecule has 45 heavy (non-hydrogen) atoms. The SMILES string of the molecule is Ic1ccccc1C#Cc1ccccc1C#CC1=C(C#Cc2ccccc2C#Cc2ccccc2I)[C@]23C=CC=C[C@]12CCC3. The second kappa shape index (κ2) is 12.7. The molecular formula is C43H26I2. The van der Waals surface area contributed by atoms with Crippen LogP contribution in [0.1, 0.15) is 52.6 Å². The molecule has 0 bridgehead atoms. The maximum absolute atomic E-state index is 3.64. The van der Waals surface area contributed by atoms with Crippen LogP contribution in [0.25, 0.3) is 0 Å². The zero-order chi connectivity index (χ0) is 30.7. The van der Waals surface area contributed by atoms with E-state index in [0.717, 1.165) is 70.9 Å². The van der Waals surface area contributed by atoms with Crippen molar-refractivity contribution in [3.8, 4) is 47.4 Å². The van der Waals surface area contributed by atoms with E-state index in [-0.39, 0.29) is 10.8 Å². The van der Waals surface area contributed by atoms with Gasteiger partial charge in [0.15, 0.2) is 0 Å². The molecule has 0 spiro atoms. The largest absolute Gasteiger partial charge is 0.0721 e. The van der Waals surface area contributed by atoms with Gasteiger partial charge < -0.3 is 0 Å². The highest BCUT2D eigenvalue weighted by Gasteiger charge is 2.64. The van der Waals surface area contributed by atoms with Gasteiger partial charge in [-0.25, -0.2) is 0 Å². The van der Waals surface area contributed by atoms with E-state index < -0.39 is 0 Å². The molecule has 0 saturated heterocycles. The molecule has 7 rings (SSSR count). The van der Waals surface area contributed by atoms with E-state index in [1.807, 2.05) is 48.5 Å². The lowest BCUT2D eigenvalue weighted by Crippen LogP contribution is -2.48. The fourth-order valence-electron chi connectivity index (χ4n) is 6.65. The Bertz CT molecular complexity index is 2040. The van der Waals surface area contributed by atoms with Crippen LogP contribution in [0.5, 0.6) is 0 Å². The van der Waals surface area contributed by atoms with Crippen LogP contribution < -0.4 is 0 Å². The summed E-state index contributed by atoms with van der Waals surface area (Å²) in [6.45, 7) is 0. The predicted molar refractivity (Wildman–Crippen MR) is 201 cm³/mol. The quantitative estimate of drug-likeness (QED) is 0.123. The lowest BCUT2D eigenvalue weighted by molar-refractivity contribution is 0.232. The smallest absolute Gasteiger partial charge is 0.0405 e. The molecule has 0 aliphatic heterocycles. The highest BCUT2D eigenvalue weighted by Crippen LogP contribution is 2.71. The summed E-state index contributed by atoms with van der Waals surface area (Å²) in [5, 5.41) is 0. The van der Waals surface area contributed by atoms with Crippen LogP contribution in [0.15, 0.2) is 133 Å². The van der Waals surface area contributed by atoms with Crippen molar-refractivity contribution in [2.24, 2.45) is 10.8 Å². The number of benzene rings is 4. The zero-order valence-electron chi connectivity index (χ0n) is 24.4. The van der Waals surface area contributed by atoms with Crippen molar-refractivity contribution in [3.05, 3.63) is 173 Å². The normalized spacial score (nSPS) is 20.0. The molecule has 4 aromatic rings. The molecule has 0 N–H and O–H groups in total. The first-order valence-electron chi connectivity index (χ1n) is 15.0. The number of hydrogen-bond acceptors (Lipinski definition) is 0. The van der Waals surface area contributed by atoms with Crippen LogP contribution in [-0.4, -0.2) is 0 Å². The molecule has 2 atom stereocenters. The van der Waals surface area contributed by atoms with Crippen molar-refractivity contribution in [1.82, 2.24) is 0 Å². The second-order valence-corrected chi connectivity index (χ2v) is 13.6. The van der Waals surface area contributed by atoms with Crippen LogP contribution in [0, 0.1) is 65.3 Å². The number of rotatable bonds is 0. The van der Waals surface area contributed by atoms with Gasteiger partial charge in [-0.3, -0.25) is 0 Å². The molecule has 0 amide bonds. The molecular weight excluding hydrogens is 770 g/mol. The Morgan fingerprint density at radius 2 is 0.711 bits per heavy atom. The fourth-order valence-corrected chi connectivity index (χ4v) is 7.69. The van der Waals surface area contributed by atoms with Crippen LogP contribution in [-0.2, 0) is 0 Å². The van der Waals surface area contributed by atoms with Gasteiger partial charge in [-0.1, -0.05) is 127 Å². The van der Waals surface area contributed by atoms with Crippen molar-refractivity contribution >= 4 is 45.2 Å². The first-order valence-corrected chi connectivity index (χ1v) is 17.1. The molecule has 1 saturated carbocycles. The van der Waals surface area contributed by atoms with Gasteiger partial charge in [0.05, 0.1) is 0 Å². The van der Waals surface area contributed by atoms with Gasteiger partial charge in [0.2, 0.25) is 0 Å². The summed E-state index contributed by atoms with van der Waals surface area (Å²) in [5.74, 6) is 27.8. The van der Waals surface area contributed by atoms with Crippen molar-refractivity contribution in [2.45, 2.75) is 19.3 Å². The van der Waals surface area contributed by atoms with Gasteiger partial charge in [0, 0.05) is 62.5 Å². The zero-order valence-corrected chi connectivity index (χ0v) is 28.7. The Kier molecular flexibility index (Phi) is 8.30.